The first-order valence-electron chi connectivity index (χ1n) is 4.89. The summed E-state index contributed by atoms with van der Waals surface area (Å²) < 4.78 is 9.14. The van der Waals surface area contributed by atoms with Gasteiger partial charge < -0.3 is 14.8 Å². The number of carbonyl (C=O) groups is 2. The molecule has 0 spiro atoms. The predicted octanol–water partition coefficient (Wildman–Crippen LogP) is 0.194. The van der Waals surface area contributed by atoms with E-state index in [1.165, 1.54) is 14.2 Å². The summed E-state index contributed by atoms with van der Waals surface area (Å²) in [4.78, 5) is 22.0. The Morgan fingerprint density at radius 1 is 1.00 bits per heavy atom. The van der Waals surface area contributed by atoms with Crippen molar-refractivity contribution in [3.63, 3.8) is 0 Å². The van der Waals surface area contributed by atoms with Crippen LogP contribution in [0, 0.1) is 11.8 Å². The Balaban J connectivity index is 3.70. The standard InChI is InChI=1S/C10H19NO4/c1-7(9(12)14-3)5-11-6-8(2)10(13)15-4/h7-8,11H,5-6H2,1-4H3. The van der Waals surface area contributed by atoms with E-state index in [1.54, 1.807) is 13.8 Å². The number of esters is 2. The highest BCUT2D eigenvalue weighted by Gasteiger charge is 2.15. The van der Waals surface area contributed by atoms with Crippen molar-refractivity contribution in [2.75, 3.05) is 27.3 Å². The highest BCUT2D eigenvalue weighted by Crippen LogP contribution is 1.98. The van der Waals surface area contributed by atoms with Crippen molar-refractivity contribution >= 4 is 11.9 Å². The van der Waals surface area contributed by atoms with E-state index < -0.39 is 0 Å². The minimum Gasteiger partial charge on any atom is -0.469 e. The van der Waals surface area contributed by atoms with Gasteiger partial charge >= 0.3 is 11.9 Å². The van der Waals surface area contributed by atoms with Crippen LogP contribution in [0.1, 0.15) is 13.8 Å². The Hall–Kier alpha value is -1.10. The molecule has 0 radical (unpaired) electrons. The smallest absolute Gasteiger partial charge is 0.309 e. The van der Waals surface area contributed by atoms with E-state index in [1.807, 2.05) is 0 Å². The van der Waals surface area contributed by atoms with Gasteiger partial charge in [-0.25, -0.2) is 0 Å². The molecule has 0 rings (SSSR count). The molecule has 0 fully saturated rings. The SMILES string of the molecule is COC(=O)C(C)CNCC(C)C(=O)OC. The van der Waals surface area contributed by atoms with Gasteiger partial charge in [0.25, 0.3) is 0 Å². The number of carbonyl (C=O) groups excluding carboxylic acids is 2. The lowest BCUT2D eigenvalue weighted by atomic mass is 10.1. The maximum atomic E-state index is 11.0. The second-order valence-electron chi connectivity index (χ2n) is 3.51. The van der Waals surface area contributed by atoms with Gasteiger partial charge in [0.1, 0.15) is 0 Å². The number of rotatable bonds is 6. The van der Waals surface area contributed by atoms with Crippen molar-refractivity contribution in [2.45, 2.75) is 13.8 Å². The second-order valence-corrected chi connectivity index (χ2v) is 3.51. The molecule has 0 heterocycles. The van der Waals surface area contributed by atoms with E-state index in [9.17, 15) is 9.59 Å². The molecule has 0 aromatic carbocycles. The minimum atomic E-state index is -0.256. The second kappa shape index (κ2) is 7.23. The zero-order chi connectivity index (χ0) is 11.8. The third-order valence-electron chi connectivity index (χ3n) is 2.11. The summed E-state index contributed by atoms with van der Waals surface area (Å²) in [6, 6.07) is 0. The van der Waals surface area contributed by atoms with Crippen molar-refractivity contribution in [3.05, 3.63) is 0 Å². The first-order chi connectivity index (χ1) is 7.02. The summed E-state index contributed by atoms with van der Waals surface area (Å²) in [7, 11) is 2.71. The molecular formula is C10H19NO4. The van der Waals surface area contributed by atoms with Crippen LogP contribution in [0.25, 0.3) is 0 Å². The summed E-state index contributed by atoms with van der Waals surface area (Å²) in [6.45, 7) is 4.52. The fourth-order valence-corrected chi connectivity index (χ4v) is 1.09. The molecular weight excluding hydrogens is 198 g/mol. The fourth-order valence-electron chi connectivity index (χ4n) is 1.09. The van der Waals surface area contributed by atoms with E-state index in [0.717, 1.165) is 0 Å². The van der Waals surface area contributed by atoms with Gasteiger partial charge in [0, 0.05) is 13.1 Å². The number of hydrogen-bond acceptors (Lipinski definition) is 5. The molecule has 2 atom stereocenters. The number of hydrogen-bond donors (Lipinski definition) is 1. The molecule has 0 aliphatic carbocycles. The van der Waals surface area contributed by atoms with Crippen LogP contribution in [0.3, 0.4) is 0 Å². The van der Waals surface area contributed by atoms with Crippen molar-refractivity contribution < 1.29 is 19.1 Å². The highest BCUT2D eigenvalue weighted by molar-refractivity contribution is 5.72. The molecule has 0 bridgehead atoms. The van der Waals surface area contributed by atoms with Gasteiger partial charge in [-0.1, -0.05) is 13.8 Å². The number of ether oxygens (including phenoxy) is 2. The summed E-state index contributed by atoms with van der Waals surface area (Å²) in [5.74, 6) is -0.930. The quantitative estimate of drug-likeness (QED) is 0.644. The molecule has 5 heteroatoms. The summed E-state index contributed by atoms with van der Waals surface area (Å²) >= 11 is 0. The molecule has 5 nitrogen and oxygen atoms in total. The molecule has 0 aromatic heterocycles. The van der Waals surface area contributed by atoms with Crippen LogP contribution in [-0.2, 0) is 19.1 Å². The lowest BCUT2D eigenvalue weighted by Gasteiger charge is -2.13. The summed E-state index contributed by atoms with van der Waals surface area (Å²) in [5.41, 5.74) is 0. The summed E-state index contributed by atoms with van der Waals surface area (Å²) in [6.07, 6.45) is 0. The Labute approximate surface area is 90.1 Å². The number of methoxy groups -OCH3 is 2. The lowest BCUT2D eigenvalue weighted by Crippen LogP contribution is -2.33. The maximum Gasteiger partial charge on any atom is 0.309 e. The molecule has 0 amide bonds. The van der Waals surface area contributed by atoms with Gasteiger partial charge in [-0.3, -0.25) is 9.59 Å². The van der Waals surface area contributed by atoms with Gasteiger partial charge in [0.15, 0.2) is 0 Å². The van der Waals surface area contributed by atoms with E-state index >= 15 is 0 Å². The minimum absolute atomic E-state index is 0.208. The molecule has 15 heavy (non-hydrogen) atoms. The molecule has 88 valence electrons. The molecule has 2 unspecified atom stereocenters. The first kappa shape index (κ1) is 13.9. The lowest BCUT2D eigenvalue weighted by molar-refractivity contribution is -0.144. The Kier molecular flexibility index (Phi) is 6.70. The van der Waals surface area contributed by atoms with Gasteiger partial charge in [0.2, 0.25) is 0 Å². The topological polar surface area (TPSA) is 64.6 Å². The molecule has 0 saturated heterocycles. The first-order valence-corrected chi connectivity index (χ1v) is 4.89. The van der Waals surface area contributed by atoms with Gasteiger partial charge in [-0.05, 0) is 0 Å². The summed E-state index contributed by atoms with van der Waals surface area (Å²) in [5, 5.41) is 3.01. The van der Waals surface area contributed by atoms with Crippen LogP contribution >= 0.6 is 0 Å². The largest absolute Gasteiger partial charge is 0.469 e. The third-order valence-corrected chi connectivity index (χ3v) is 2.11. The van der Waals surface area contributed by atoms with Crippen molar-refractivity contribution in [3.8, 4) is 0 Å². The van der Waals surface area contributed by atoms with Crippen LogP contribution in [0.2, 0.25) is 0 Å². The molecule has 1 N–H and O–H groups in total. The predicted molar refractivity (Wildman–Crippen MR) is 55.2 cm³/mol. The average Bonchev–Trinajstić information content (AvgIpc) is 2.26. The zero-order valence-electron chi connectivity index (χ0n) is 9.70. The molecule has 0 aromatic rings. The van der Waals surface area contributed by atoms with E-state index in [2.05, 4.69) is 14.8 Å². The monoisotopic (exact) mass is 217 g/mol. The Morgan fingerprint density at radius 2 is 1.33 bits per heavy atom. The van der Waals surface area contributed by atoms with Crippen molar-refractivity contribution in [1.82, 2.24) is 5.32 Å². The van der Waals surface area contributed by atoms with Crippen LogP contribution < -0.4 is 5.32 Å². The highest BCUT2D eigenvalue weighted by atomic mass is 16.5. The van der Waals surface area contributed by atoms with Gasteiger partial charge in [-0.2, -0.15) is 0 Å². The zero-order valence-corrected chi connectivity index (χ0v) is 9.70. The van der Waals surface area contributed by atoms with Crippen LogP contribution in [0.4, 0.5) is 0 Å². The van der Waals surface area contributed by atoms with Crippen molar-refractivity contribution in [2.24, 2.45) is 11.8 Å². The van der Waals surface area contributed by atoms with Gasteiger partial charge in [0.05, 0.1) is 26.1 Å². The third kappa shape index (κ3) is 5.37. The van der Waals surface area contributed by atoms with Gasteiger partial charge in [-0.15, -0.1) is 0 Å². The molecule has 0 saturated carbocycles. The van der Waals surface area contributed by atoms with E-state index in [4.69, 9.17) is 0 Å². The van der Waals surface area contributed by atoms with Crippen LogP contribution in [0.15, 0.2) is 0 Å². The normalized spacial score (nSPS) is 14.1. The molecule has 0 aliphatic rings. The average molecular weight is 217 g/mol. The number of nitrogens with one attached hydrogen (secondary N) is 1. The van der Waals surface area contributed by atoms with Crippen LogP contribution in [-0.4, -0.2) is 39.2 Å². The van der Waals surface area contributed by atoms with Crippen LogP contribution in [0.5, 0.6) is 0 Å². The van der Waals surface area contributed by atoms with Crippen molar-refractivity contribution in [1.29, 1.82) is 0 Å². The van der Waals surface area contributed by atoms with E-state index in [-0.39, 0.29) is 23.8 Å². The fraction of sp³-hybridized carbons (Fsp3) is 0.800. The maximum absolute atomic E-state index is 11.0. The Bertz CT molecular complexity index is 195. The molecule has 0 aliphatic heterocycles. The Morgan fingerprint density at radius 3 is 1.60 bits per heavy atom. The van der Waals surface area contributed by atoms with E-state index in [0.29, 0.717) is 13.1 Å².